The monoisotopic (exact) mass is 2050 g/mol. The molecule has 138 heavy (non-hydrogen) atoms. The Morgan fingerprint density at radius 1 is 0.261 bits per heavy atom. The largest absolute Gasteiger partial charge is 0.497 e. The van der Waals surface area contributed by atoms with Gasteiger partial charge < -0.3 is 49.1 Å². The van der Waals surface area contributed by atoms with Crippen LogP contribution >= 0.6 is 47.6 Å². The first-order valence-electron chi connectivity index (χ1n) is 45.0. The van der Waals surface area contributed by atoms with Gasteiger partial charge in [0.15, 0.2) is 23.0 Å². The molecular weight excluding hydrogens is 1930 g/mol. The summed E-state index contributed by atoms with van der Waals surface area (Å²) in [4.78, 5) is 0. The fourth-order valence-corrected chi connectivity index (χ4v) is 24.8. The van der Waals surface area contributed by atoms with Crippen molar-refractivity contribution in [3.8, 4) is 45.6 Å². The number of hydrogen-bond donors (Lipinski definition) is 4. The Kier molecular flexibility index (Phi) is 46.5. The standard InChI is InChI=1S/C24H27NO3.4C18H15P.C17H20BrNO2.C7H9BO3.CH4.Pd/c1-17(19-8-6-5-7-9-19)25-16-18-14-22(24(28-4)23(15-18)27-3)20-10-12-21(26-2)13-11-20;4*1-4-10-16(11-5-1)19(17-12-6-2-7-13-17)18-14-8-3-9-15-18;1-12(14-7-5-4-6-8-14)19-11-13-9-15(18)17(21-3)16(10-13)20-2;1-11-7-4-2-6(3-5-7)8(9)10;;/h5-15,17,25H,16H2,1-4H3;4*1-15H;4-10,12,19H,11H2,1-3H3;2-5,9-10H,1H3;1H4;/t17-;;;;;12-;;;/m1....1.../s1. The molecule has 0 saturated heterocycles. The van der Waals surface area contributed by atoms with Gasteiger partial charge in [0, 0.05) is 51.2 Å². The minimum atomic E-state index is -1.40. The molecule has 702 valence electrons. The van der Waals surface area contributed by atoms with Crippen LogP contribution in [0.25, 0.3) is 11.1 Å². The molecule has 0 saturated carbocycles. The van der Waals surface area contributed by atoms with E-state index < -0.39 is 38.8 Å². The minimum absolute atomic E-state index is 0. The Balaban J connectivity index is 0.000000167. The second kappa shape index (κ2) is 59.6. The molecule has 0 bridgehead atoms. The van der Waals surface area contributed by atoms with E-state index in [1.165, 1.54) is 74.8 Å². The average Bonchev–Trinajstić information content (AvgIpc) is 0.796. The quantitative estimate of drug-likeness (QED) is 0.0279. The molecule has 0 heterocycles. The molecule has 0 aliphatic carbocycles. The Morgan fingerprint density at radius 3 is 0.681 bits per heavy atom. The van der Waals surface area contributed by atoms with Gasteiger partial charge in [0.25, 0.3) is 0 Å². The molecule has 0 aliphatic rings. The van der Waals surface area contributed by atoms with Crippen molar-refractivity contribution in [3.05, 3.63) is 524 Å². The van der Waals surface area contributed by atoms with Crippen LogP contribution in [0.4, 0.5) is 0 Å². The Bertz CT molecular complexity index is 5520. The summed E-state index contributed by atoms with van der Waals surface area (Å²) in [6.45, 7) is 5.81. The van der Waals surface area contributed by atoms with Gasteiger partial charge in [0.2, 0.25) is 0 Å². The molecule has 18 aromatic rings. The van der Waals surface area contributed by atoms with Crippen molar-refractivity contribution in [2.45, 2.75) is 46.4 Å². The second-order valence-corrected chi connectivity index (χ2v) is 40.7. The van der Waals surface area contributed by atoms with Crippen LogP contribution < -0.4 is 108 Å². The van der Waals surface area contributed by atoms with Gasteiger partial charge in [-0.2, -0.15) is 0 Å². The van der Waals surface area contributed by atoms with Crippen molar-refractivity contribution in [2.75, 3.05) is 42.7 Å². The smallest absolute Gasteiger partial charge is 0.488 e. The third kappa shape index (κ3) is 32.9. The molecule has 18 aromatic carbocycles. The third-order valence-corrected chi connectivity index (χ3v) is 32.2. The second-order valence-electron chi connectivity index (χ2n) is 31.0. The molecule has 0 aliphatic heterocycles. The third-order valence-electron chi connectivity index (χ3n) is 21.8. The maximum Gasteiger partial charge on any atom is 0.488 e. The number of rotatable bonds is 28. The van der Waals surface area contributed by atoms with E-state index in [0.717, 1.165) is 68.6 Å². The normalized spacial score (nSPS) is 10.8. The van der Waals surface area contributed by atoms with E-state index in [0.29, 0.717) is 11.2 Å². The van der Waals surface area contributed by atoms with Crippen LogP contribution in [0.15, 0.2) is 502 Å². The maximum absolute atomic E-state index is 8.70. The van der Waals surface area contributed by atoms with Crippen LogP contribution in [0.5, 0.6) is 34.5 Å². The van der Waals surface area contributed by atoms with Crippen molar-refractivity contribution in [3.63, 3.8) is 0 Å². The average molecular weight is 2050 g/mol. The summed E-state index contributed by atoms with van der Waals surface area (Å²) in [7, 11) is 6.66. The Labute approximate surface area is 845 Å². The number of nitrogens with one attached hydrogen (secondary N) is 2. The summed E-state index contributed by atoms with van der Waals surface area (Å²) in [5.74, 6) is 4.43. The van der Waals surface area contributed by atoms with Crippen LogP contribution in [0, 0.1) is 0 Å². The summed E-state index contributed by atoms with van der Waals surface area (Å²) >= 11 is 3.52. The van der Waals surface area contributed by atoms with Gasteiger partial charge in [-0.1, -0.05) is 456 Å². The fraction of sp³-hybridized carbons (Fsp3) is 0.107. The summed E-state index contributed by atoms with van der Waals surface area (Å²) in [5.41, 5.74) is 7.32. The SMILES string of the molecule is C.COc1cc(CN[C@H](C)c2ccccc2)cc(Br)c1OC.COc1ccc(-c2cc(CN[C@H](C)c3ccccc3)cc(OC)c2OC)cc1.COc1ccc(B(O)O)cc1.[Pd].c1ccc(P(c2ccccc2)c2ccccc2)cc1.c1ccc(P(c2ccccc2)c2ccccc2)cc1.c1ccc(P(c2ccccc2)c2ccccc2)cc1.c1ccc(P(c2ccccc2)c2ccccc2)cc1. The molecule has 4 N–H and O–H groups in total. The first-order valence-corrected chi connectivity index (χ1v) is 51.2. The van der Waals surface area contributed by atoms with E-state index in [1.54, 1.807) is 66.9 Å². The summed E-state index contributed by atoms with van der Waals surface area (Å²) in [6.07, 6.45) is 0. The summed E-state index contributed by atoms with van der Waals surface area (Å²) in [5, 5.41) is 41.3. The zero-order valence-corrected chi connectivity index (χ0v) is 85.0. The number of ether oxygens (including phenoxy) is 6. The molecule has 0 unspecified atom stereocenters. The fourth-order valence-electron chi connectivity index (χ4n) is 14.9. The first-order chi connectivity index (χ1) is 66.8. The molecule has 10 nitrogen and oxygen atoms in total. The summed E-state index contributed by atoms with van der Waals surface area (Å²) < 4.78 is 33.0. The van der Waals surface area contributed by atoms with E-state index >= 15 is 0 Å². The van der Waals surface area contributed by atoms with Crippen molar-refractivity contribution in [2.24, 2.45) is 0 Å². The van der Waals surface area contributed by atoms with E-state index in [-0.39, 0.29) is 39.9 Å². The van der Waals surface area contributed by atoms with Crippen LogP contribution in [0.2, 0.25) is 0 Å². The van der Waals surface area contributed by atoms with Gasteiger partial charge in [-0.3, -0.25) is 0 Å². The van der Waals surface area contributed by atoms with Gasteiger partial charge in [-0.05, 0) is 207 Å². The molecule has 0 radical (unpaired) electrons. The topological polar surface area (TPSA) is 120 Å². The van der Waals surface area contributed by atoms with Crippen LogP contribution in [0.3, 0.4) is 0 Å². The molecular formula is C121H120BBrN2O8P4Pd. The zero-order chi connectivity index (χ0) is 95.1. The van der Waals surface area contributed by atoms with Gasteiger partial charge in [-0.15, -0.1) is 0 Å². The molecule has 2 atom stereocenters. The molecule has 0 fully saturated rings. The number of benzene rings is 18. The number of hydrogen-bond acceptors (Lipinski definition) is 10. The molecule has 0 aromatic heterocycles. The van der Waals surface area contributed by atoms with E-state index in [9.17, 15) is 0 Å². The maximum atomic E-state index is 8.70. The molecule has 17 heteroatoms. The number of methoxy groups -OCH3 is 6. The van der Waals surface area contributed by atoms with E-state index in [4.69, 9.17) is 38.5 Å². The van der Waals surface area contributed by atoms with E-state index in [2.05, 4.69) is 459 Å². The van der Waals surface area contributed by atoms with Gasteiger partial charge in [0.1, 0.15) is 11.5 Å². The van der Waals surface area contributed by atoms with Gasteiger partial charge in [0.05, 0.1) is 47.1 Å². The minimum Gasteiger partial charge on any atom is -0.497 e. The molecule has 0 amide bonds. The number of halogens is 1. The Morgan fingerprint density at radius 2 is 0.471 bits per heavy atom. The zero-order valence-electron chi connectivity index (χ0n) is 78.3. The van der Waals surface area contributed by atoms with Gasteiger partial charge in [-0.25, -0.2) is 0 Å². The Hall–Kier alpha value is -12.5. The summed E-state index contributed by atoms with van der Waals surface area (Å²) in [6, 6.07) is 173. The van der Waals surface area contributed by atoms with Crippen LogP contribution in [-0.2, 0) is 33.5 Å². The van der Waals surface area contributed by atoms with Crippen molar-refractivity contribution in [1.82, 2.24) is 10.6 Å². The predicted molar refractivity (Wildman–Crippen MR) is 592 cm³/mol. The van der Waals surface area contributed by atoms with Crippen molar-refractivity contribution < 1.29 is 58.9 Å². The van der Waals surface area contributed by atoms with Crippen molar-refractivity contribution >= 4 is 124 Å². The van der Waals surface area contributed by atoms with Crippen molar-refractivity contribution in [1.29, 1.82) is 0 Å². The van der Waals surface area contributed by atoms with Gasteiger partial charge >= 0.3 is 7.12 Å². The van der Waals surface area contributed by atoms with E-state index in [1.807, 2.05) is 54.6 Å². The van der Waals surface area contributed by atoms with Crippen LogP contribution in [-0.4, -0.2) is 59.8 Å². The first kappa shape index (κ1) is 108. The van der Waals surface area contributed by atoms with Crippen LogP contribution in [0.1, 0.15) is 55.6 Å². The molecule has 0 spiro atoms. The predicted octanol–water partition coefficient (Wildman–Crippen LogP) is 23.3. The molecule has 18 rings (SSSR count).